The van der Waals surface area contributed by atoms with Crippen molar-refractivity contribution in [3.05, 3.63) is 35.4 Å². The SMILES string of the molecule is N#Cc1ccc(CNC(=O)CNC(=O)CN)cc1. The number of carbonyl (C=O) groups excluding carboxylic acids is 2. The molecule has 0 saturated carbocycles. The lowest BCUT2D eigenvalue weighted by Gasteiger charge is -2.06. The van der Waals surface area contributed by atoms with Gasteiger partial charge in [0.05, 0.1) is 24.7 Å². The van der Waals surface area contributed by atoms with Gasteiger partial charge in [-0.2, -0.15) is 5.26 Å². The maximum atomic E-state index is 11.3. The van der Waals surface area contributed by atoms with E-state index in [9.17, 15) is 9.59 Å². The second-order valence-corrected chi connectivity index (χ2v) is 3.57. The second kappa shape index (κ2) is 7.04. The molecule has 0 atom stereocenters. The Hall–Kier alpha value is -2.39. The van der Waals surface area contributed by atoms with Crippen LogP contribution in [0.25, 0.3) is 0 Å². The first kappa shape index (κ1) is 13.7. The van der Waals surface area contributed by atoms with Crippen LogP contribution in [0.3, 0.4) is 0 Å². The number of hydrogen-bond acceptors (Lipinski definition) is 4. The third-order valence-corrected chi connectivity index (χ3v) is 2.20. The average Bonchev–Trinajstić information content (AvgIpc) is 2.42. The fourth-order valence-corrected chi connectivity index (χ4v) is 1.21. The van der Waals surface area contributed by atoms with Gasteiger partial charge in [-0.25, -0.2) is 0 Å². The molecule has 94 valence electrons. The molecule has 6 heteroatoms. The average molecular weight is 246 g/mol. The van der Waals surface area contributed by atoms with Crippen molar-refractivity contribution in [2.45, 2.75) is 6.54 Å². The largest absolute Gasteiger partial charge is 0.350 e. The topological polar surface area (TPSA) is 108 Å². The first-order valence-corrected chi connectivity index (χ1v) is 5.38. The molecule has 0 heterocycles. The molecular weight excluding hydrogens is 232 g/mol. The Labute approximate surface area is 105 Å². The predicted octanol–water partition coefficient (Wildman–Crippen LogP) is -0.751. The van der Waals surface area contributed by atoms with Crippen molar-refractivity contribution in [2.75, 3.05) is 13.1 Å². The molecule has 6 nitrogen and oxygen atoms in total. The van der Waals surface area contributed by atoms with E-state index in [0.717, 1.165) is 5.56 Å². The van der Waals surface area contributed by atoms with Gasteiger partial charge in [-0.1, -0.05) is 12.1 Å². The van der Waals surface area contributed by atoms with Crippen molar-refractivity contribution in [1.29, 1.82) is 5.26 Å². The van der Waals surface area contributed by atoms with Gasteiger partial charge in [0, 0.05) is 6.54 Å². The molecule has 4 N–H and O–H groups in total. The van der Waals surface area contributed by atoms with Gasteiger partial charge in [0.1, 0.15) is 0 Å². The highest BCUT2D eigenvalue weighted by molar-refractivity contribution is 5.85. The van der Waals surface area contributed by atoms with E-state index in [1.165, 1.54) is 0 Å². The Kier molecular flexibility index (Phi) is 5.35. The van der Waals surface area contributed by atoms with Crippen LogP contribution in [0.15, 0.2) is 24.3 Å². The molecular formula is C12H14N4O2. The molecule has 0 aliphatic carbocycles. The minimum atomic E-state index is -0.372. The molecule has 0 aliphatic rings. The number of benzene rings is 1. The first-order chi connectivity index (χ1) is 8.65. The Morgan fingerprint density at radius 3 is 2.39 bits per heavy atom. The van der Waals surface area contributed by atoms with Gasteiger partial charge in [-0.05, 0) is 17.7 Å². The molecule has 1 rings (SSSR count). The van der Waals surface area contributed by atoms with Crippen molar-refractivity contribution < 1.29 is 9.59 Å². The highest BCUT2D eigenvalue weighted by Crippen LogP contribution is 2.02. The van der Waals surface area contributed by atoms with Gasteiger partial charge in [0.25, 0.3) is 0 Å². The number of amides is 2. The minimum Gasteiger partial charge on any atom is -0.350 e. The van der Waals surface area contributed by atoms with E-state index in [-0.39, 0.29) is 24.9 Å². The van der Waals surface area contributed by atoms with Crippen LogP contribution in [0, 0.1) is 11.3 Å². The Balaban J connectivity index is 2.33. The number of rotatable bonds is 5. The van der Waals surface area contributed by atoms with Crippen molar-refractivity contribution in [2.24, 2.45) is 5.73 Å². The van der Waals surface area contributed by atoms with Crippen molar-refractivity contribution in [1.82, 2.24) is 10.6 Å². The monoisotopic (exact) mass is 246 g/mol. The van der Waals surface area contributed by atoms with Gasteiger partial charge < -0.3 is 16.4 Å². The lowest BCUT2D eigenvalue weighted by Crippen LogP contribution is -2.39. The number of hydrogen-bond donors (Lipinski definition) is 3. The van der Waals surface area contributed by atoms with E-state index in [0.29, 0.717) is 12.1 Å². The van der Waals surface area contributed by atoms with E-state index in [1.807, 2.05) is 6.07 Å². The number of nitrogens with two attached hydrogens (primary N) is 1. The summed E-state index contributed by atoms with van der Waals surface area (Å²) in [6.45, 7) is 0.123. The molecule has 0 radical (unpaired) electrons. The molecule has 0 aliphatic heterocycles. The van der Waals surface area contributed by atoms with Crippen molar-refractivity contribution >= 4 is 11.8 Å². The number of carbonyl (C=O) groups is 2. The number of nitrogens with zero attached hydrogens (tertiary/aromatic N) is 1. The summed E-state index contributed by atoms with van der Waals surface area (Å²) >= 11 is 0. The van der Waals surface area contributed by atoms with Crippen LogP contribution in [-0.4, -0.2) is 24.9 Å². The summed E-state index contributed by atoms with van der Waals surface area (Å²) < 4.78 is 0. The maximum absolute atomic E-state index is 11.3. The fraction of sp³-hybridized carbons (Fsp3) is 0.250. The van der Waals surface area contributed by atoms with Crippen molar-refractivity contribution in [3.8, 4) is 6.07 Å². The van der Waals surface area contributed by atoms with E-state index in [4.69, 9.17) is 11.0 Å². The Morgan fingerprint density at radius 1 is 1.17 bits per heavy atom. The zero-order valence-corrected chi connectivity index (χ0v) is 9.77. The molecule has 0 saturated heterocycles. The maximum Gasteiger partial charge on any atom is 0.239 e. The van der Waals surface area contributed by atoms with Crippen LogP contribution in [0.1, 0.15) is 11.1 Å². The summed E-state index contributed by atoms with van der Waals surface area (Å²) in [7, 11) is 0. The Morgan fingerprint density at radius 2 is 1.83 bits per heavy atom. The quantitative estimate of drug-likeness (QED) is 0.635. The zero-order valence-electron chi connectivity index (χ0n) is 9.77. The number of nitriles is 1. The zero-order chi connectivity index (χ0) is 13.4. The van der Waals surface area contributed by atoms with E-state index >= 15 is 0 Å². The highest BCUT2D eigenvalue weighted by atomic mass is 16.2. The van der Waals surface area contributed by atoms with Crippen LogP contribution in [0.2, 0.25) is 0 Å². The Bertz CT molecular complexity index is 462. The minimum absolute atomic E-state index is 0.0910. The molecule has 0 unspecified atom stereocenters. The molecule has 1 aromatic rings. The van der Waals surface area contributed by atoms with Gasteiger partial charge >= 0.3 is 0 Å². The molecule has 0 fully saturated rings. The molecule has 1 aromatic carbocycles. The molecule has 2 amide bonds. The summed E-state index contributed by atoms with van der Waals surface area (Å²) in [5.74, 6) is -0.662. The normalized spacial score (nSPS) is 9.33. The fourth-order valence-electron chi connectivity index (χ4n) is 1.21. The summed E-state index contributed by atoms with van der Waals surface area (Å²) in [6, 6.07) is 8.89. The van der Waals surface area contributed by atoms with Gasteiger partial charge in [0.2, 0.25) is 11.8 Å². The molecule has 18 heavy (non-hydrogen) atoms. The van der Waals surface area contributed by atoms with Gasteiger partial charge in [0.15, 0.2) is 0 Å². The summed E-state index contributed by atoms with van der Waals surface area (Å²) in [5, 5.41) is 13.6. The van der Waals surface area contributed by atoms with Crippen LogP contribution < -0.4 is 16.4 Å². The number of nitrogens with one attached hydrogen (secondary N) is 2. The van der Waals surface area contributed by atoms with Gasteiger partial charge in [-0.15, -0.1) is 0 Å². The van der Waals surface area contributed by atoms with Crippen LogP contribution in [-0.2, 0) is 16.1 Å². The standard InChI is InChI=1S/C12H14N4O2/c13-5-9-1-3-10(4-2-9)7-15-12(18)8-16-11(17)6-14/h1-4H,6-8,14H2,(H,15,18)(H,16,17). The van der Waals surface area contributed by atoms with E-state index in [1.54, 1.807) is 24.3 Å². The van der Waals surface area contributed by atoms with Crippen LogP contribution >= 0.6 is 0 Å². The molecule has 0 bridgehead atoms. The van der Waals surface area contributed by atoms with Crippen LogP contribution in [0.5, 0.6) is 0 Å². The highest BCUT2D eigenvalue weighted by Gasteiger charge is 2.03. The van der Waals surface area contributed by atoms with E-state index < -0.39 is 0 Å². The summed E-state index contributed by atoms with van der Waals surface area (Å²) in [6.07, 6.45) is 0. The lowest BCUT2D eigenvalue weighted by molar-refractivity contribution is -0.125. The third kappa shape index (κ3) is 4.63. The van der Waals surface area contributed by atoms with E-state index in [2.05, 4.69) is 10.6 Å². The summed E-state index contributed by atoms with van der Waals surface area (Å²) in [5.41, 5.74) is 6.53. The van der Waals surface area contributed by atoms with Gasteiger partial charge in [-0.3, -0.25) is 9.59 Å². The molecule has 0 spiro atoms. The smallest absolute Gasteiger partial charge is 0.239 e. The predicted molar refractivity (Wildman–Crippen MR) is 65.1 cm³/mol. The second-order valence-electron chi connectivity index (χ2n) is 3.57. The summed E-state index contributed by atoms with van der Waals surface area (Å²) in [4.78, 5) is 22.2. The lowest BCUT2D eigenvalue weighted by atomic mass is 10.1. The third-order valence-electron chi connectivity index (χ3n) is 2.20. The van der Waals surface area contributed by atoms with Crippen LogP contribution in [0.4, 0.5) is 0 Å². The van der Waals surface area contributed by atoms with Crippen molar-refractivity contribution in [3.63, 3.8) is 0 Å². The molecule has 0 aromatic heterocycles. The first-order valence-electron chi connectivity index (χ1n) is 5.38.